The highest BCUT2D eigenvalue weighted by molar-refractivity contribution is 4.94. The van der Waals surface area contributed by atoms with Gasteiger partial charge in [-0.2, -0.15) is 0 Å². The predicted molar refractivity (Wildman–Crippen MR) is 63.0 cm³/mol. The van der Waals surface area contributed by atoms with Gasteiger partial charge in [0.1, 0.15) is 0 Å². The Morgan fingerprint density at radius 3 is 2.60 bits per heavy atom. The van der Waals surface area contributed by atoms with Gasteiger partial charge in [0, 0.05) is 20.3 Å². The molecular formula is C13H25NO. The molecule has 2 nitrogen and oxygen atoms in total. The Morgan fingerprint density at radius 2 is 2.00 bits per heavy atom. The molecule has 0 amide bonds. The second-order valence-corrected chi connectivity index (χ2v) is 5.52. The van der Waals surface area contributed by atoms with Crippen LogP contribution in [0, 0.1) is 11.3 Å². The van der Waals surface area contributed by atoms with E-state index in [0.717, 1.165) is 12.5 Å². The molecule has 2 fully saturated rings. The van der Waals surface area contributed by atoms with Gasteiger partial charge in [0.05, 0.1) is 0 Å². The van der Waals surface area contributed by atoms with Crippen molar-refractivity contribution in [2.75, 3.05) is 26.8 Å². The molecule has 0 radical (unpaired) electrons. The summed E-state index contributed by atoms with van der Waals surface area (Å²) >= 11 is 0. The number of ether oxygens (including phenoxy) is 1. The van der Waals surface area contributed by atoms with Crippen molar-refractivity contribution < 1.29 is 4.74 Å². The zero-order valence-corrected chi connectivity index (χ0v) is 10.1. The molecule has 2 heteroatoms. The molecule has 0 aromatic heterocycles. The van der Waals surface area contributed by atoms with Crippen LogP contribution in [0.15, 0.2) is 0 Å². The van der Waals surface area contributed by atoms with Crippen molar-refractivity contribution in [1.82, 2.24) is 5.32 Å². The molecule has 0 atom stereocenters. The molecule has 0 spiro atoms. The van der Waals surface area contributed by atoms with Crippen molar-refractivity contribution in [3.05, 3.63) is 0 Å². The third-order valence-corrected chi connectivity index (χ3v) is 4.20. The Kier molecular flexibility index (Phi) is 4.04. The highest BCUT2D eigenvalue weighted by Crippen LogP contribution is 2.48. The molecule has 0 saturated heterocycles. The first kappa shape index (κ1) is 11.4. The van der Waals surface area contributed by atoms with Crippen molar-refractivity contribution in [2.24, 2.45) is 11.3 Å². The van der Waals surface area contributed by atoms with Gasteiger partial charge in [-0.3, -0.25) is 0 Å². The van der Waals surface area contributed by atoms with Crippen LogP contribution in [-0.2, 0) is 4.74 Å². The van der Waals surface area contributed by atoms with Gasteiger partial charge >= 0.3 is 0 Å². The van der Waals surface area contributed by atoms with Crippen LogP contribution in [0.1, 0.15) is 44.9 Å². The zero-order valence-electron chi connectivity index (χ0n) is 10.1. The summed E-state index contributed by atoms with van der Waals surface area (Å²) in [5.74, 6) is 0.975. The third-order valence-electron chi connectivity index (χ3n) is 4.20. The maximum atomic E-state index is 5.17. The average molecular weight is 211 g/mol. The Labute approximate surface area is 93.8 Å². The third kappa shape index (κ3) is 3.46. The number of hydrogen-bond donors (Lipinski definition) is 1. The number of hydrogen-bond acceptors (Lipinski definition) is 2. The summed E-state index contributed by atoms with van der Waals surface area (Å²) in [5.41, 5.74) is 0.620. The van der Waals surface area contributed by atoms with Gasteiger partial charge in [0.25, 0.3) is 0 Å². The average Bonchev–Trinajstić information content (AvgIpc) is 2.81. The van der Waals surface area contributed by atoms with Crippen molar-refractivity contribution in [3.63, 3.8) is 0 Å². The summed E-state index contributed by atoms with van der Waals surface area (Å²) in [7, 11) is 1.81. The van der Waals surface area contributed by atoms with Crippen LogP contribution in [-0.4, -0.2) is 26.8 Å². The molecular weight excluding hydrogens is 186 g/mol. The van der Waals surface area contributed by atoms with E-state index in [2.05, 4.69) is 5.32 Å². The van der Waals surface area contributed by atoms with E-state index in [9.17, 15) is 0 Å². The van der Waals surface area contributed by atoms with Gasteiger partial charge in [-0.1, -0.05) is 12.8 Å². The van der Waals surface area contributed by atoms with Crippen LogP contribution in [0.2, 0.25) is 0 Å². The lowest BCUT2D eigenvalue weighted by atomic mass is 10.0. The van der Waals surface area contributed by atoms with Crippen molar-refractivity contribution in [2.45, 2.75) is 44.9 Å². The van der Waals surface area contributed by atoms with Crippen LogP contribution < -0.4 is 5.32 Å². The highest BCUT2D eigenvalue weighted by atomic mass is 16.5. The highest BCUT2D eigenvalue weighted by Gasteiger charge is 2.41. The van der Waals surface area contributed by atoms with E-state index in [1.54, 1.807) is 0 Å². The molecule has 2 saturated carbocycles. The molecule has 15 heavy (non-hydrogen) atoms. The van der Waals surface area contributed by atoms with E-state index in [0.29, 0.717) is 5.41 Å². The molecule has 2 aliphatic rings. The van der Waals surface area contributed by atoms with Crippen molar-refractivity contribution in [1.29, 1.82) is 0 Å². The van der Waals surface area contributed by atoms with E-state index in [1.807, 2.05) is 7.11 Å². The Balaban J connectivity index is 1.56. The van der Waals surface area contributed by atoms with E-state index < -0.39 is 0 Å². The van der Waals surface area contributed by atoms with Crippen LogP contribution in [0.5, 0.6) is 0 Å². The second-order valence-electron chi connectivity index (χ2n) is 5.52. The minimum atomic E-state index is 0.620. The van der Waals surface area contributed by atoms with Crippen LogP contribution in [0.4, 0.5) is 0 Å². The molecule has 0 heterocycles. The SMILES string of the molecule is COCCC1(CNCC2CCCC2)CC1. The molecule has 0 aromatic rings. The minimum absolute atomic E-state index is 0.620. The first-order valence-electron chi connectivity index (χ1n) is 6.54. The Morgan fingerprint density at radius 1 is 1.27 bits per heavy atom. The van der Waals surface area contributed by atoms with Crippen LogP contribution >= 0.6 is 0 Å². The lowest BCUT2D eigenvalue weighted by Crippen LogP contribution is -2.28. The summed E-state index contributed by atoms with van der Waals surface area (Å²) in [6.45, 7) is 3.42. The lowest BCUT2D eigenvalue weighted by molar-refractivity contribution is 0.171. The molecule has 0 bridgehead atoms. The van der Waals surface area contributed by atoms with E-state index in [-0.39, 0.29) is 0 Å². The summed E-state index contributed by atoms with van der Waals surface area (Å²) in [4.78, 5) is 0. The van der Waals surface area contributed by atoms with Crippen LogP contribution in [0.3, 0.4) is 0 Å². The standard InChI is InChI=1S/C13H25NO/c1-15-9-8-13(6-7-13)11-14-10-12-4-2-3-5-12/h12,14H,2-11H2,1H3. The van der Waals surface area contributed by atoms with E-state index >= 15 is 0 Å². The largest absolute Gasteiger partial charge is 0.385 e. The quantitative estimate of drug-likeness (QED) is 0.699. The van der Waals surface area contributed by atoms with E-state index in [4.69, 9.17) is 4.74 Å². The topological polar surface area (TPSA) is 21.3 Å². The van der Waals surface area contributed by atoms with Gasteiger partial charge in [-0.05, 0) is 50.0 Å². The van der Waals surface area contributed by atoms with Crippen LogP contribution in [0.25, 0.3) is 0 Å². The summed E-state index contributed by atoms with van der Waals surface area (Å²) in [6, 6.07) is 0. The van der Waals surface area contributed by atoms with Crippen molar-refractivity contribution in [3.8, 4) is 0 Å². The summed E-state index contributed by atoms with van der Waals surface area (Å²) in [6.07, 6.45) is 9.90. The summed E-state index contributed by atoms with van der Waals surface area (Å²) < 4.78 is 5.17. The molecule has 0 unspecified atom stereocenters. The maximum absolute atomic E-state index is 5.17. The molecule has 88 valence electrons. The van der Waals surface area contributed by atoms with Crippen molar-refractivity contribution >= 4 is 0 Å². The first-order valence-corrected chi connectivity index (χ1v) is 6.54. The predicted octanol–water partition coefficient (Wildman–Crippen LogP) is 2.58. The molecule has 1 N–H and O–H groups in total. The zero-order chi connectivity index (χ0) is 10.6. The lowest BCUT2D eigenvalue weighted by Gasteiger charge is -2.17. The van der Waals surface area contributed by atoms with Gasteiger partial charge in [-0.25, -0.2) is 0 Å². The van der Waals surface area contributed by atoms with Gasteiger partial charge in [-0.15, -0.1) is 0 Å². The maximum Gasteiger partial charge on any atom is 0.0468 e. The molecule has 2 aliphatic carbocycles. The fraction of sp³-hybridized carbons (Fsp3) is 1.00. The number of methoxy groups -OCH3 is 1. The van der Waals surface area contributed by atoms with E-state index in [1.165, 1.54) is 58.0 Å². The van der Waals surface area contributed by atoms with Gasteiger partial charge < -0.3 is 10.1 Å². The first-order chi connectivity index (χ1) is 7.35. The fourth-order valence-electron chi connectivity index (χ4n) is 2.77. The Bertz CT molecular complexity index is 183. The Hall–Kier alpha value is -0.0800. The summed E-state index contributed by atoms with van der Waals surface area (Å²) in [5, 5.41) is 3.68. The second kappa shape index (κ2) is 5.31. The number of rotatable bonds is 7. The monoisotopic (exact) mass is 211 g/mol. The normalized spacial score (nSPS) is 24.6. The molecule has 0 aromatic carbocycles. The fourth-order valence-corrected chi connectivity index (χ4v) is 2.77. The minimum Gasteiger partial charge on any atom is -0.385 e. The van der Waals surface area contributed by atoms with Gasteiger partial charge in [0.15, 0.2) is 0 Å². The molecule has 2 rings (SSSR count). The molecule has 0 aliphatic heterocycles. The van der Waals surface area contributed by atoms with Gasteiger partial charge in [0.2, 0.25) is 0 Å². The number of nitrogens with one attached hydrogen (secondary N) is 1. The smallest absolute Gasteiger partial charge is 0.0468 e.